The van der Waals surface area contributed by atoms with E-state index in [4.69, 9.17) is 11.6 Å². The van der Waals surface area contributed by atoms with Gasteiger partial charge in [-0.1, -0.05) is 17.7 Å². The second-order valence-electron chi connectivity index (χ2n) is 7.32. The van der Waals surface area contributed by atoms with Crippen LogP contribution >= 0.6 is 11.6 Å². The third kappa shape index (κ3) is 4.30. The highest BCUT2D eigenvalue weighted by atomic mass is 35.5. The predicted molar refractivity (Wildman–Crippen MR) is 110 cm³/mol. The van der Waals surface area contributed by atoms with Gasteiger partial charge in [0, 0.05) is 56.7 Å². The van der Waals surface area contributed by atoms with Crippen LogP contribution < -0.4 is 0 Å². The number of carbonyl (C=O) groups excluding carboxylic acids is 1. The lowest BCUT2D eigenvalue weighted by Crippen LogP contribution is -2.53. The van der Waals surface area contributed by atoms with Gasteiger partial charge in [-0.3, -0.25) is 14.7 Å². The Morgan fingerprint density at radius 1 is 1.03 bits per heavy atom. The van der Waals surface area contributed by atoms with Gasteiger partial charge >= 0.3 is 0 Å². The maximum absolute atomic E-state index is 12.9. The Hall–Kier alpha value is -2.00. The summed E-state index contributed by atoms with van der Waals surface area (Å²) >= 11 is 5.86. The normalized spacial score (nSPS) is 21.6. The molecule has 0 bridgehead atoms. The van der Waals surface area contributed by atoms with E-state index in [1.165, 1.54) is 16.4 Å². The Balaban J connectivity index is 1.36. The third-order valence-corrected chi connectivity index (χ3v) is 7.70. The minimum absolute atomic E-state index is 0.114. The third-order valence-electron chi connectivity index (χ3n) is 5.53. The van der Waals surface area contributed by atoms with Crippen molar-refractivity contribution >= 4 is 27.5 Å². The molecule has 1 aromatic heterocycles. The Bertz CT molecular complexity index is 961. The first kappa shape index (κ1) is 20.3. The molecule has 2 aliphatic heterocycles. The van der Waals surface area contributed by atoms with Crippen molar-refractivity contribution in [2.75, 3.05) is 32.7 Å². The molecule has 9 heteroatoms. The highest BCUT2D eigenvalue weighted by Gasteiger charge is 2.38. The van der Waals surface area contributed by atoms with Gasteiger partial charge in [0.25, 0.3) is 0 Å². The van der Waals surface area contributed by atoms with E-state index in [0.29, 0.717) is 44.3 Å². The Morgan fingerprint density at radius 2 is 1.76 bits per heavy atom. The molecule has 0 aliphatic carbocycles. The van der Waals surface area contributed by atoms with E-state index in [9.17, 15) is 13.2 Å². The van der Waals surface area contributed by atoms with Gasteiger partial charge in [0.15, 0.2) is 0 Å². The first-order chi connectivity index (χ1) is 13.9. The van der Waals surface area contributed by atoms with E-state index in [0.717, 1.165) is 12.0 Å². The summed E-state index contributed by atoms with van der Waals surface area (Å²) < 4.78 is 27.1. The molecule has 1 aromatic carbocycles. The summed E-state index contributed by atoms with van der Waals surface area (Å²) in [5.74, 6) is 0.114. The topological polar surface area (TPSA) is 73.8 Å². The number of hydrogen-bond acceptors (Lipinski definition) is 5. The minimum Gasteiger partial charge on any atom is -0.337 e. The molecule has 3 heterocycles. The molecule has 7 nitrogen and oxygen atoms in total. The zero-order chi connectivity index (χ0) is 20.4. The number of aromatic nitrogens is 1. The molecule has 2 aromatic rings. The molecule has 0 radical (unpaired) electrons. The van der Waals surface area contributed by atoms with Crippen LogP contribution in [0.1, 0.15) is 12.0 Å². The molecular weight excluding hydrogens is 412 g/mol. The molecular formula is C20H23ClN4O3S. The number of amides is 1. The highest BCUT2D eigenvalue weighted by Crippen LogP contribution is 2.24. The average molecular weight is 435 g/mol. The quantitative estimate of drug-likeness (QED) is 0.718. The van der Waals surface area contributed by atoms with Gasteiger partial charge in [-0.05, 0) is 42.3 Å². The number of carbonyl (C=O) groups is 1. The van der Waals surface area contributed by atoms with Crippen molar-refractivity contribution in [2.24, 2.45) is 0 Å². The lowest BCUT2D eigenvalue weighted by molar-refractivity contribution is -0.133. The Morgan fingerprint density at radius 3 is 2.41 bits per heavy atom. The van der Waals surface area contributed by atoms with E-state index < -0.39 is 10.0 Å². The van der Waals surface area contributed by atoms with Crippen LogP contribution in [0.2, 0.25) is 5.02 Å². The van der Waals surface area contributed by atoms with Gasteiger partial charge in [-0.2, -0.15) is 4.31 Å². The summed E-state index contributed by atoms with van der Waals surface area (Å²) in [5.41, 5.74) is 1.01. The van der Waals surface area contributed by atoms with E-state index in [1.54, 1.807) is 24.5 Å². The van der Waals surface area contributed by atoms with Crippen LogP contribution in [0.4, 0.5) is 0 Å². The first-order valence-electron chi connectivity index (χ1n) is 9.62. The van der Waals surface area contributed by atoms with Crippen LogP contribution in [0.15, 0.2) is 53.7 Å². The van der Waals surface area contributed by atoms with Gasteiger partial charge in [0.05, 0.1) is 10.9 Å². The van der Waals surface area contributed by atoms with Crippen molar-refractivity contribution in [1.29, 1.82) is 0 Å². The molecule has 29 heavy (non-hydrogen) atoms. The van der Waals surface area contributed by atoms with Gasteiger partial charge < -0.3 is 4.90 Å². The molecule has 1 unspecified atom stereocenters. The molecule has 4 rings (SSSR count). The van der Waals surface area contributed by atoms with E-state index in [2.05, 4.69) is 9.88 Å². The van der Waals surface area contributed by atoms with E-state index in [-0.39, 0.29) is 16.8 Å². The van der Waals surface area contributed by atoms with Crippen molar-refractivity contribution < 1.29 is 13.2 Å². The maximum atomic E-state index is 12.9. The number of pyridine rings is 1. The molecule has 2 aliphatic rings. The van der Waals surface area contributed by atoms with Crippen molar-refractivity contribution in [3.8, 4) is 0 Å². The summed E-state index contributed by atoms with van der Waals surface area (Å²) in [6.07, 6.45) is 4.26. The number of rotatable bonds is 5. The van der Waals surface area contributed by atoms with E-state index >= 15 is 0 Å². The monoisotopic (exact) mass is 434 g/mol. The number of nitrogens with zero attached hydrogens (tertiary/aromatic N) is 4. The van der Waals surface area contributed by atoms with Gasteiger partial charge in [0.1, 0.15) is 0 Å². The average Bonchev–Trinajstić information content (AvgIpc) is 3.09. The Kier molecular flexibility index (Phi) is 5.87. The predicted octanol–water partition coefficient (Wildman–Crippen LogP) is 1.84. The fraction of sp³-hybridized carbons (Fsp3) is 0.400. The van der Waals surface area contributed by atoms with Gasteiger partial charge in [-0.15, -0.1) is 0 Å². The van der Waals surface area contributed by atoms with Crippen LogP contribution in [-0.2, 0) is 21.4 Å². The van der Waals surface area contributed by atoms with Crippen molar-refractivity contribution in [3.63, 3.8) is 0 Å². The van der Waals surface area contributed by atoms with Crippen LogP contribution in [0.3, 0.4) is 0 Å². The number of piperazine rings is 1. The molecule has 154 valence electrons. The highest BCUT2D eigenvalue weighted by molar-refractivity contribution is 7.89. The van der Waals surface area contributed by atoms with Gasteiger partial charge in [-0.25, -0.2) is 8.42 Å². The van der Waals surface area contributed by atoms with Gasteiger partial charge in [0.2, 0.25) is 15.9 Å². The standard InChI is InChI=1S/C20H23ClN4O3S/c21-17-3-5-18(6-4-17)29(27,28)25-12-10-23(11-13-25)19-7-9-24(20(19)26)15-16-2-1-8-22-14-16/h1-6,8,14,19H,7,9-13,15H2. The summed E-state index contributed by atoms with van der Waals surface area (Å²) in [4.78, 5) is 21.2. The van der Waals surface area contributed by atoms with Crippen molar-refractivity contribution in [2.45, 2.75) is 23.9 Å². The molecule has 1 atom stereocenters. The molecule has 2 fully saturated rings. The number of sulfonamides is 1. The van der Waals surface area contributed by atoms with Crippen LogP contribution in [0.5, 0.6) is 0 Å². The van der Waals surface area contributed by atoms with Crippen LogP contribution in [0, 0.1) is 0 Å². The minimum atomic E-state index is -3.54. The fourth-order valence-electron chi connectivity index (χ4n) is 3.94. The Labute approximate surface area is 175 Å². The largest absolute Gasteiger partial charge is 0.337 e. The molecule has 2 saturated heterocycles. The molecule has 0 saturated carbocycles. The zero-order valence-electron chi connectivity index (χ0n) is 15.9. The lowest BCUT2D eigenvalue weighted by Gasteiger charge is -2.36. The van der Waals surface area contributed by atoms with E-state index in [1.807, 2.05) is 17.0 Å². The summed E-state index contributed by atoms with van der Waals surface area (Å²) in [6, 6.07) is 9.88. The lowest BCUT2D eigenvalue weighted by atomic mass is 10.2. The van der Waals surface area contributed by atoms with Crippen molar-refractivity contribution in [1.82, 2.24) is 19.1 Å². The smallest absolute Gasteiger partial charge is 0.243 e. The summed E-state index contributed by atoms with van der Waals surface area (Å²) in [7, 11) is -3.54. The summed E-state index contributed by atoms with van der Waals surface area (Å²) in [5, 5.41) is 0.504. The van der Waals surface area contributed by atoms with Crippen LogP contribution in [0.25, 0.3) is 0 Å². The fourth-order valence-corrected chi connectivity index (χ4v) is 5.49. The number of halogens is 1. The number of likely N-dealkylation sites (tertiary alicyclic amines) is 1. The molecule has 0 spiro atoms. The zero-order valence-corrected chi connectivity index (χ0v) is 17.5. The molecule has 1 amide bonds. The summed E-state index contributed by atoms with van der Waals surface area (Å²) in [6.45, 7) is 3.11. The molecule has 0 N–H and O–H groups in total. The number of hydrogen-bond donors (Lipinski definition) is 0. The second kappa shape index (κ2) is 8.39. The van der Waals surface area contributed by atoms with Crippen molar-refractivity contribution in [3.05, 3.63) is 59.4 Å². The SMILES string of the molecule is O=C1C(N2CCN(S(=O)(=O)c3ccc(Cl)cc3)CC2)CCN1Cc1cccnc1. The first-order valence-corrected chi connectivity index (χ1v) is 11.4. The number of benzene rings is 1. The second-order valence-corrected chi connectivity index (χ2v) is 9.69. The van der Waals surface area contributed by atoms with Crippen LogP contribution in [-0.4, -0.2) is 72.2 Å². The maximum Gasteiger partial charge on any atom is 0.243 e.